The number of allylic oxidation sites excluding steroid dienone is 2. The zero-order valence-corrected chi connectivity index (χ0v) is 9.71. The molecule has 0 bridgehead atoms. The Labute approximate surface area is 91.8 Å². The van der Waals surface area contributed by atoms with E-state index in [1.807, 2.05) is 6.92 Å². The molecule has 0 N–H and O–H groups in total. The highest BCUT2D eigenvalue weighted by molar-refractivity contribution is 5.94. The van der Waals surface area contributed by atoms with Gasteiger partial charge in [0.05, 0.1) is 0 Å². The fourth-order valence-electron chi connectivity index (χ4n) is 1.61. The number of hydrogen-bond acceptors (Lipinski definition) is 1. The van der Waals surface area contributed by atoms with Gasteiger partial charge in [0.1, 0.15) is 0 Å². The SMILES string of the molecule is CCCc1ccc(/C(C)=C/C(C)=O)cc1. The average molecular weight is 202 g/mol. The van der Waals surface area contributed by atoms with Crippen LogP contribution in [0.4, 0.5) is 0 Å². The normalized spacial score (nSPS) is 11.5. The van der Waals surface area contributed by atoms with E-state index in [2.05, 4.69) is 31.2 Å². The summed E-state index contributed by atoms with van der Waals surface area (Å²) in [6.07, 6.45) is 3.96. The highest BCUT2D eigenvalue weighted by Gasteiger charge is 1.97. The van der Waals surface area contributed by atoms with Gasteiger partial charge in [-0.1, -0.05) is 37.6 Å². The van der Waals surface area contributed by atoms with E-state index in [0.29, 0.717) is 0 Å². The zero-order chi connectivity index (χ0) is 11.3. The van der Waals surface area contributed by atoms with E-state index in [1.165, 1.54) is 12.0 Å². The quantitative estimate of drug-likeness (QED) is 0.681. The molecule has 0 aromatic heterocycles. The van der Waals surface area contributed by atoms with Crippen molar-refractivity contribution >= 4 is 11.4 Å². The first-order valence-electron chi connectivity index (χ1n) is 5.41. The van der Waals surface area contributed by atoms with Crippen molar-refractivity contribution in [2.24, 2.45) is 0 Å². The predicted octanol–water partition coefficient (Wildman–Crippen LogP) is 3.63. The predicted molar refractivity (Wildman–Crippen MR) is 64.8 cm³/mol. The first-order valence-corrected chi connectivity index (χ1v) is 5.41. The van der Waals surface area contributed by atoms with Crippen molar-refractivity contribution in [2.75, 3.05) is 0 Å². The van der Waals surface area contributed by atoms with Crippen molar-refractivity contribution in [3.8, 4) is 0 Å². The molecule has 1 rings (SSSR count). The third kappa shape index (κ3) is 3.70. The van der Waals surface area contributed by atoms with Gasteiger partial charge in [-0.2, -0.15) is 0 Å². The number of rotatable bonds is 4. The Hall–Kier alpha value is -1.37. The molecule has 15 heavy (non-hydrogen) atoms. The minimum absolute atomic E-state index is 0.102. The molecule has 0 atom stereocenters. The molecule has 0 fully saturated rings. The van der Waals surface area contributed by atoms with Crippen LogP contribution in [0.3, 0.4) is 0 Å². The van der Waals surface area contributed by atoms with Gasteiger partial charge in [-0.25, -0.2) is 0 Å². The number of benzene rings is 1. The van der Waals surface area contributed by atoms with Gasteiger partial charge < -0.3 is 0 Å². The second kappa shape index (κ2) is 5.50. The van der Waals surface area contributed by atoms with Crippen molar-refractivity contribution in [1.82, 2.24) is 0 Å². The molecule has 0 heterocycles. The van der Waals surface area contributed by atoms with Crippen molar-refractivity contribution in [3.05, 3.63) is 41.5 Å². The van der Waals surface area contributed by atoms with Crippen LogP contribution in [0.15, 0.2) is 30.3 Å². The van der Waals surface area contributed by atoms with E-state index < -0.39 is 0 Å². The topological polar surface area (TPSA) is 17.1 Å². The Balaban J connectivity index is 2.84. The average Bonchev–Trinajstić information content (AvgIpc) is 2.18. The maximum absolute atomic E-state index is 10.9. The monoisotopic (exact) mass is 202 g/mol. The van der Waals surface area contributed by atoms with Crippen LogP contribution >= 0.6 is 0 Å². The highest BCUT2D eigenvalue weighted by Crippen LogP contribution is 2.15. The lowest BCUT2D eigenvalue weighted by Gasteiger charge is -2.03. The third-order valence-corrected chi connectivity index (χ3v) is 2.37. The number of aryl methyl sites for hydroxylation is 1. The molecule has 0 unspecified atom stereocenters. The number of ketones is 1. The smallest absolute Gasteiger partial charge is 0.152 e. The fraction of sp³-hybridized carbons (Fsp3) is 0.357. The van der Waals surface area contributed by atoms with Gasteiger partial charge in [-0.3, -0.25) is 4.79 Å². The summed E-state index contributed by atoms with van der Waals surface area (Å²) in [4.78, 5) is 10.9. The van der Waals surface area contributed by atoms with E-state index in [4.69, 9.17) is 0 Å². The lowest BCUT2D eigenvalue weighted by molar-refractivity contribution is -0.112. The molecule has 0 amide bonds. The second-order valence-electron chi connectivity index (χ2n) is 3.88. The van der Waals surface area contributed by atoms with Crippen molar-refractivity contribution in [1.29, 1.82) is 0 Å². The summed E-state index contributed by atoms with van der Waals surface area (Å²) >= 11 is 0. The van der Waals surface area contributed by atoms with Gasteiger partial charge >= 0.3 is 0 Å². The Morgan fingerprint density at radius 2 is 1.80 bits per heavy atom. The summed E-state index contributed by atoms with van der Waals surface area (Å²) in [7, 11) is 0. The van der Waals surface area contributed by atoms with E-state index >= 15 is 0 Å². The lowest BCUT2D eigenvalue weighted by atomic mass is 10.0. The molecule has 0 aliphatic carbocycles. The van der Waals surface area contributed by atoms with E-state index in [0.717, 1.165) is 17.6 Å². The van der Waals surface area contributed by atoms with Crippen LogP contribution in [0.1, 0.15) is 38.3 Å². The van der Waals surface area contributed by atoms with Crippen molar-refractivity contribution < 1.29 is 4.79 Å². The summed E-state index contributed by atoms with van der Waals surface area (Å²) in [6, 6.07) is 8.44. The first-order chi connectivity index (χ1) is 7.13. The summed E-state index contributed by atoms with van der Waals surface area (Å²) in [5, 5.41) is 0. The van der Waals surface area contributed by atoms with Crippen molar-refractivity contribution in [3.63, 3.8) is 0 Å². The van der Waals surface area contributed by atoms with Crippen LogP contribution in [0.2, 0.25) is 0 Å². The van der Waals surface area contributed by atoms with E-state index in [-0.39, 0.29) is 5.78 Å². The highest BCUT2D eigenvalue weighted by atomic mass is 16.1. The maximum atomic E-state index is 10.9. The molecule has 1 nitrogen and oxygen atoms in total. The summed E-state index contributed by atoms with van der Waals surface area (Å²) in [6.45, 7) is 5.72. The maximum Gasteiger partial charge on any atom is 0.152 e. The first kappa shape index (κ1) is 11.7. The number of hydrogen-bond donors (Lipinski definition) is 0. The molecule has 0 saturated heterocycles. The number of carbonyl (C=O) groups excluding carboxylic acids is 1. The van der Waals surface area contributed by atoms with Gasteiger partial charge in [0.15, 0.2) is 5.78 Å². The molecule has 0 spiro atoms. The third-order valence-electron chi connectivity index (χ3n) is 2.37. The van der Waals surface area contributed by atoms with Crippen LogP contribution in [-0.2, 0) is 11.2 Å². The van der Waals surface area contributed by atoms with Crippen LogP contribution in [0.5, 0.6) is 0 Å². The molecule has 1 aromatic rings. The van der Waals surface area contributed by atoms with Gasteiger partial charge in [0.2, 0.25) is 0 Å². The molecule has 0 saturated carbocycles. The van der Waals surface area contributed by atoms with Gasteiger partial charge in [0.25, 0.3) is 0 Å². The molecule has 0 aliphatic heterocycles. The lowest BCUT2D eigenvalue weighted by Crippen LogP contribution is -1.88. The summed E-state index contributed by atoms with van der Waals surface area (Å²) in [5.41, 5.74) is 3.52. The second-order valence-corrected chi connectivity index (χ2v) is 3.88. The Morgan fingerprint density at radius 1 is 1.20 bits per heavy atom. The van der Waals surface area contributed by atoms with Crippen molar-refractivity contribution in [2.45, 2.75) is 33.6 Å². The molecular weight excluding hydrogens is 184 g/mol. The largest absolute Gasteiger partial charge is 0.295 e. The van der Waals surface area contributed by atoms with Crippen LogP contribution in [0, 0.1) is 0 Å². The summed E-state index contributed by atoms with van der Waals surface area (Å²) < 4.78 is 0. The molecule has 0 aliphatic rings. The zero-order valence-electron chi connectivity index (χ0n) is 9.71. The molecule has 0 radical (unpaired) electrons. The standard InChI is InChI=1S/C14H18O/c1-4-5-13-6-8-14(9-7-13)11(2)10-12(3)15/h6-10H,4-5H2,1-3H3/b11-10+. The van der Waals surface area contributed by atoms with Crippen LogP contribution in [0.25, 0.3) is 5.57 Å². The van der Waals surface area contributed by atoms with Gasteiger partial charge in [-0.05, 0) is 43.0 Å². The fourth-order valence-corrected chi connectivity index (χ4v) is 1.61. The number of carbonyl (C=O) groups is 1. The van der Waals surface area contributed by atoms with E-state index in [9.17, 15) is 4.79 Å². The minimum Gasteiger partial charge on any atom is -0.295 e. The van der Waals surface area contributed by atoms with Crippen LogP contribution < -0.4 is 0 Å². The Morgan fingerprint density at radius 3 is 2.27 bits per heavy atom. The Kier molecular flexibility index (Phi) is 4.29. The van der Waals surface area contributed by atoms with Gasteiger partial charge in [0, 0.05) is 0 Å². The van der Waals surface area contributed by atoms with Crippen LogP contribution in [-0.4, -0.2) is 5.78 Å². The molecule has 1 aromatic carbocycles. The minimum atomic E-state index is 0.102. The summed E-state index contributed by atoms with van der Waals surface area (Å²) in [5.74, 6) is 0.102. The molecule has 1 heteroatoms. The van der Waals surface area contributed by atoms with E-state index in [1.54, 1.807) is 13.0 Å². The van der Waals surface area contributed by atoms with Gasteiger partial charge in [-0.15, -0.1) is 0 Å². The molecular formula is C14H18O. The molecule has 80 valence electrons. The Bertz CT molecular complexity index is 357.